The third kappa shape index (κ3) is 2.54. The van der Waals surface area contributed by atoms with Gasteiger partial charge in [-0.2, -0.15) is 0 Å². The number of nitrogens with one attached hydrogen (secondary N) is 1. The Balaban J connectivity index is 1.83. The molecule has 0 aliphatic carbocycles. The van der Waals surface area contributed by atoms with Gasteiger partial charge in [0.2, 0.25) is 5.91 Å². The third-order valence-electron chi connectivity index (χ3n) is 4.07. The largest absolute Gasteiger partial charge is 0.340 e. The quantitative estimate of drug-likeness (QED) is 0.907. The number of hydrogen-bond acceptors (Lipinski definition) is 2. The summed E-state index contributed by atoms with van der Waals surface area (Å²) in [5, 5.41) is 5.70. The Labute approximate surface area is 119 Å². The van der Waals surface area contributed by atoms with Gasteiger partial charge in [-0.25, -0.2) is 0 Å². The van der Waals surface area contributed by atoms with Gasteiger partial charge in [-0.05, 0) is 23.3 Å². The van der Waals surface area contributed by atoms with Gasteiger partial charge in [-0.1, -0.05) is 42.5 Å². The van der Waals surface area contributed by atoms with Gasteiger partial charge in [-0.15, -0.1) is 0 Å². The van der Waals surface area contributed by atoms with E-state index in [2.05, 4.69) is 35.6 Å². The van der Waals surface area contributed by atoms with Crippen molar-refractivity contribution in [3.63, 3.8) is 0 Å². The van der Waals surface area contributed by atoms with Crippen LogP contribution >= 0.6 is 0 Å². The van der Waals surface area contributed by atoms with Gasteiger partial charge < -0.3 is 10.2 Å². The molecule has 1 atom stereocenters. The summed E-state index contributed by atoms with van der Waals surface area (Å²) >= 11 is 0. The highest BCUT2D eigenvalue weighted by Gasteiger charge is 2.23. The van der Waals surface area contributed by atoms with E-state index in [1.807, 2.05) is 24.0 Å². The minimum absolute atomic E-state index is 0.0716. The molecule has 0 bridgehead atoms. The molecule has 1 N–H and O–H groups in total. The Morgan fingerprint density at radius 1 is 1.10 bits per heavy atom. The van der Waals surface area contributed by atoms with E-state index in [4.69, 9.17) is 0 Å². The van der Waals surface area contributed by atoms with Crippen LogP contribution < -0.4 is 5.32 Å². The fourth-order valence-electron chi connectivity index (χ4n) is 2.78. The Morgan fingerprint density at radius 3 is 2.55 bits per heavy atom. The van der Waals surface area contributed by atoms with Gasteiger partial charge in [-0.3, -0.25) is 4.79 Å². The van der Waals surface area contributed by atoms with Gasteiger partial charge in [0.15, 0.2) is 0 Å². The lowest BCUT2D eigenvalue weighted by molar-refractivity contribution is -0.133. The van der Waals surface area contributed by atoms with Gasteiger partial charge in [0.1, 0.15) is 0 Å². The Morgan fingerprint density at radius 2 is 1.80 bits per heavy atom. The smallest absolute Gasteiger partial charge is 0.229 e. The highest BCUT2D eigenvalue weighted by atomic mass is 16.2. The number of rotatable bonds is 2. The van der Waals surface area contributed by atoms with Gasteiger partial charge >= 0.3 is 0 Å². The predicted octanol–water partition coefficient (Wildman–Crippen LogP) is 2.38. The first-order valence-corrected chi connectivity index (χ1v) is 7.24. The van der Waals surface area contributed by atoms with Crippen molar-refractivity contribution in [2.75, 3.05) is 26.2 Å². The van der Waals surface area contributed by atoms with Crippen molar-refractivity contribution >= 4 is 16.7 Å². The molecule has 1 aliphatic heterocycles. The van der Waals surface area contributed by atoms with Crippen molar-refractivity contribution in [3.8, 4) is 0 Å². The first-order valence-electron chi connectivity index (χ1n) is 7.24. The summed E-state index contributed by atoms with van der Waals surface area (Å²) in [4.78, 5) is 14.5. The summed E-state index contributed by atoms with van der Waals surface area (Å²) in [5.41, 5.74) is 1.10. The van der Waals surface area contributed by atoms with Crippen molar-refractivity contribution < 1.29 is 4.79 Å². The maximum Gasteiger partial charge on any atom is 0.229 e. The van der Waals surface area contributed by atoms with Crippen LogP contribution in [0.1, 0.15) is 18.4 Å². The zero-order valence-electron chi connectivity index (χ0n) is 11.8. The maximum absolute atomic E-state index is 12.5. The molecule has 2 aromatic rings. The van der Waals surface area contributed by atoms with Gasteiger partial charge in [0, 0.05) is 26.2 Å². The van der Waals surface area contributed by atoms with E-state index in [9.17, 15) is 4.79 Å². The van der Waals surface area contributed by atoms with Gasteiger partial charge in [0.05, 0.1) is 5.92 Å². The van der Waals surface area contributed by atoms with E-state index in [0.717, 1.165) is 31.7 Å². The van der Waals surface area contributed by atoms with Crippen LogP contribution in [0.25, 0.3) is 10.8 Å². The standard InChI is InChI=1S/C17H20N2O/c1-13(17(20)19-10-8-18-9-11-19)15-7-6-14-4-2-3-5-16(14)12-15/h2-7,12-13,18H,8-11H2,1H3. The molecule has 0 radical (unpaired) electrons. The topological polar surface area (TPSA) is 32.3 Å². The average molecular weight is 268 g/mol. The predicted molar refractivity (Wildman–Crippen MR) is 81.8 cm³/mol. The molecule has 1 amide bonds. The molecule has 3 heteroatoms. The lowest BCUT2D eigenvalue weighted by atomic mass is 9.96. The lowest BCUT2D eigenvalue weighted by Gasteiger charge is -2.30. The molecule has 1 fully saturated rings. The number of amides is 1. The summed E-state index contributed by atoms with van der Waals surface area (Å²) in [6.45, 7) is 5.44. The van der Waals surface area contributed by atoms with Crippen LogP contribution in [-0.4, -0.2) is 37.0 Å². The van der Waals surface area contributed by atoms with E-state index >= 15 is 0 Å². The lowest BCUT2D eigenvalue weighted by Crippen LogP contribution is -2.47. The Hall–Kier alpha value is -1.87. The normalized spacial score (nSPS) is 17.1. The van der Waals surface area contributed by atoms with Crippen molar-refractivity contribution in [1.82, 2.24) is 10.2 Å². The van der Waals surface area contributed by atoms with Crippen molar-refractivity contribution in [2.45, 2.75) is 12.8 Å². The molecule has 1 unspecified atom stereocenters. The molecule has 1 aliphatic rings. The van der Waals surface area contributed by atoms with Crippen molar-refractivity contribution in [1.29, 1.82) is 0 Å². The molecule has 2 aromatic carbocycles. The minimum Gasteiger partial charge on any atom is -0.340 e. The van der Waals surface area contributed by atoms with E-state index < -0.39 is 0 Å². The summed E-state index contributed by atoms with van der Waals surface area (Å²) in [5.74, 6) is 0.166. The highest BCUT2D eigenvalue weighted by Crippen LogP contribution is 2.23. The van der Waals surface area contributed by atoms with Crippen LogP contribution in [0.5, 0.6) is 0 Å². The van der Waals surface area contributed by atoms with E-state index in [0.29, 0.717) is 0 Å². The molecule has 0 spiro atoms. The number of benzene rings is 2. The highest BCUT2D eigenvalue weighted by molar-refractivity contribution is 5.87. The number of hydrogen-bond donors (Lipinski definition) is 1. The molecular formula is C17H20N2O. The van der Waals surface area contributed by atoms with Crippen LogP contribution in [0, 0.1) is 0 Å². The van der Waals surface area contributed by atoms with E-state index in [-0.39, 0.29) is 11.8 Å². The Kier molecular flexibility index (Phi) is 3.70. The van der Waals surface area contributed by atoms with Crippen molar-refractivity contribution in [3.05, 3.63) is 48.0 Å². The molecule has 1 heterocycles. The number of carbonyl (C=O) groups is 1. The molecule has 1 saturated heterocycles. The van der Waals surface area contributed by atoms with Crippen LogP contribution in [0.3, 0.4) is 0 Å². The molecule has 0 saturated carbocycles. The summed E-state index contributed by atoms with van der Waals surface area (Å²) < 4.78 is 0. The molecule has 104 valence electrons. The Bertz CT molecular complexity index is 617. The number of carbonyl (C=O) groups excluding carboxylic acids is 1. The molecular weight excluding hydrogens is 248 g/mol. The number of fused-ring (bicyclic) bond motifs is 1. The first kappa shape index (κ1) is 13.1. The molecule has 0 aromatic heterocycles. The zero-order valence-corrected chi connectivity index (χ0v) is 11.8. The molecule has 3 rings (SSSR count). The maximum atomic E-state index is 12.5. The van der Waals surface area contributed by atoms with Crippen LogP contribution in [0.2, 0.25) is 0 Å². The number of nitrogens with zero attached hydrogens (tertiary/aromatic N) is 1. The van der Waals surface area contributed by atoms with E-state index in [1.54, 1.807) is 0 Å². The van der Waals surface area contributed by atoms with E-state index in [1.165, 1.54) is 10.8 Å². The second kappa shape index (κ2) is 5.63. The number of piperazine rings is 1. The average Bonchev–Trinajstić information content (AvgIpc) is 2.54. The summed E-state index contributed by atoms with van der Waals surface area (Å²) in [6, 6.07) is 14.6. The minimum atomic E-state index is -0.0716. The fourth-order valence-corrected chi connectivity index (χ4v) is 2.78. The molecule has 20 heavy (non-hydrogen) atoms. The zero-order chi connectivity index (χ0) is 13.9. The monoisotopic (exact) mass is 268 g/mol. The first-order chi connectivity index (χ1) is 9.75. The fraction of sp³-hybridized carbons (Fsp3) is 0.353. The van der Waals surface area contributed by atoms with Crippen molar-refractivity contribution in [2.24, 2.45) is 0 Å². The van der Waals surface area contributed by atoms with Crippen LogP contribution in [-0.2, 0) is 4.79 Å². The SMILES string of the molecule is CC(C(=O)N1CCNCC1)c1ccc2ccccc2c1. The summed E-state index contributed by atoms with van der Waals surface area (Å²) in [7, 11) is 0. The second-order valence-corrected chi connectivity index (χ2v) is 5.40. The molecule has 3 nitrogen and oxygen atoms in total. The van der Waals surface area contributed by atoms with Crippen LogP contribution in [0.15, 0.2) is 42.5 Å². The van der Waals surface area contributed by atoms with Crippen LogP contribution in [0.4, 0.5) is 0 Å². The third-order valence-corrected chi connectivity index (χ3v) is 4.07. The summed E-state index contributed by atoms with van der Waals surface area (Å²) in [6.07, 6.45) is 0. The van der Waals surface area contributed by atoms with Gasteiger partial charge in [0.25, 0.3) is 0 Å². The second-order valence-electron chi connectivity index (χ2n) is 5.40.